The number of halogens is 1. The van der Waals surface area contributed by atoms with Crippen molar-refractivity contribution in [3.05, 3.63) is 15.9 Å². The summed E-state index contributed by atoms with van der Waals surface area (Å²) >= 11 is 3.72. The maximum Gasteiger partial charge on any atom is 0.0766 e. The Morgan fingerprint density at radius 2 is 1.95 bits per heavy atom. The highest BCUT2D eigenvalue weighted by Crippen LogP contribution is 2.30. The van der Waals surface area contributed by atoms with Gasteiger partial charge in [-0.05, 0) is 40.7 Å². The normalized spacial score (nSPS) is 13.8. The predicted molar refractivity (Wildman–Crippen MR) is 85.5 cm³/mol. The van der Waals surface area contributed by atoms with E-state index in [4.69, 9.17) is 0 Å². The van der Waals surface area contributed by atoms with E-state index in [1.807, 2.05) is 11.7 Å². The fourth-order valence-electron chi connectivity index (χ4n) is 2.35. The Morgan fingerprint density at radius 3 is 2.37 bits per heavy atom. The van der Waals surface area contributed by atoms with E-state index in [1.54, 1.807) is 0 Å². The first kappa shape index (κ1) is 16.7. The van der Waals surface area contributed by atoms with Gasteiger partial charge >= 0.3 is 0 Å². The molecule has 0 aliphatic heterocycles. The first-order valence-corrected chi connectivity index (χ1v) is 8.10. The summed E-state index contributed by atoms with van der Waals surface area (Å²) in [6.45, 7) is 12.3. The van der Waals surface area contributed by atoms with E-state index in [9.17, 15) is 0 Å². The van der Waals surface area contributed by atoms with Crippen LogP contribution in [0.5, 0.6) is 0 Å². The molecule has 1 aromatic heterocycles. The molecule has 0 saturated carbocycles. The first-order valence-electron chi connectivity index (χ1n) is 7.30. The molecule has 110 valence electrons. The number of likely N-dealkylation sites (N-methyl/N-ethyl adjacent to an activating group) is 1. The van der Waals surface area contributed by atoms with Crippen LogP contribution in [0.4, 0.5) is 0 Å². The van der Waals surface area contributed by atoms with Gasteiger partial charge < -0.3 is 5.32 Å². The summed E-state index contributed by atoms with van der Waals surface area (Å²) in [6.07, 6.45) is 3.15. The Morgan fingerprint density at radius 1 is 1.32 bits per heavy atom. The molecular weight excluding hydrogens is 302 g/mol. The van der Waals surface area contributed by atoms with Crippen molar-refractivity contribution in [1.82, 2.24) is 15.1 Å². The Kier molecular flexibility index (Phi) is 6.06. The van der Waals surface area contributed by atoms with Gasteiger partial charge in [-0.2, -0.15) is 5.10 Å². The van der Waals surface area contributed by atoms with Crippen LogP contribution in [-0.2, 0) is 19.9 Å². The van der Waals surface area contributed by atoms with Gasteiger partial charge in [-0.15, -0.1) is 0 Å². The van der Waals surface area contributed by atoms with Crippen LogP contribution in [0.25, 0.3) is 0 Å². The molecule has 1 N–H and O–H groups in total. The fraction of sp³-hybridized carbons (Fsp3) is 0.800. The number of nitrogens with zero attached hydrogens (tertiary/aromatic N) is 2. The molecule has 1 unspecified atom stereocenters. The Labute approximate surface area is 126 Å². The minimum Gasteiger partial charge on any atom is -0.313 e. The van der Waals surface area contributed by atoms with Gasteiger partial charge in [0.2, 0.25) is 0 Å². The minimum atomic E-state index is 0.284. The number of rotatable bonds is 7. The average molecular weight is 330 g/mol. The third-order valence-electron chi connectivity index (χ3n) is 4.21. The van der Waals surface area contributed by atoms with Crippen molar-refractivity contribution in [2.24, 2.45) is 12.5 Å². The SMILES string of the molecule is CCNC(Cc1c(Br)c(CC)nn1C)C(C)(C)CC. The zero-order valence-corrected chi connectivity index (χ0v) is 14.8. The fourth-order valence-corrected chi connectivity index (χ4v) is 3.13. The molecule has 0 aliphatic carbocycles. The lowest BCUT2D eigenvalue weighted by Crippen LogP contribution is -2.43. The monoisotopic (exact) mass is 329 g/mol. The van der Waals surface area contributed by atoms with Gasteiger partial charge in [0.15, 0.2) is 0 Å². The topological polar surface area (TPSA) is 29.9 Å². The second-order valence-corrected chi connectivity index (χ2v) is 6.63. The second-order valence-electron chi connectivity index (χ2n) is 5.84. The number of aryl methyl sites for hydroxylation is 2. The molecule has 0 aliphatic rings. The van der Waals surface area contributed by atoms with Crippen LogP contribution < -0.4 is 5.32 Å². The van der Waals surface area contributed by atoms with Crippen LogP contribution in [0.15, 0.2) is 4.47 Å². The molecule has 1 heterocycles. The van der Waals surface area contributed by atoms with E-state index in [0.717, 1.165) is 25.1 Å². The largest absolute Gasteiger partial charge is 0.313 e. The standard InChI is InChI=1S/C15H28BrN3/c1-7-11-14(16)12(19(6)18-11)10-13(17-9-3)15(4,5)8-2/h13,17H,7-10H2,1-6H3. The van der Waals surface area contributed by atoms with Crippen LogP contribution in [-0.4, -0.2) is 22.4 Å². The van der Waals surface area contributed by atoms with Crippen LogP contribution in [0, 0.1) is 5.41 Å². The molecule has 0 bridgehead atoms. The zero-order chi connectivity index (χ0) is 14.6. The predicted octanol–water partition coefficient (Wildman–Crippen LogP) is 3.70. The van der Waals surface area contributed by atoms with Crippen LogP contribution in [0.2, 0.25) is 0 Å². The molecular formula is C15H28BrN3. The first-order chi connectivity index (χ1) is 8.87. The Balaban J connectivity index is 3.00. The lowest BCUT2D eigenvalue weighted by molar-refractivity contribution is 0.230. The summed E-state index contributed by atoms with van der Waals surface area (Å²) < 4.78 is 3.21. The lowest BCUT2D eigenvalue weighted by atomic mass is 9.79. The third kappa shape index (κ3) is 3.82. The Hall–Kier alpha value is -0.350. The van der Waals surface area contributed by atoms with Gasteiger partial charge in [0, 0.05) is 19.5 Å². The van der Waals surface area contributed by atoms with Crippen molar-refractivity contribution in [2.45, 2.75) is 59.9 Å². The highest BCUT2D eigenvalue weighted by molar-refractivity contribution is 9.10. The summed E-state index contributed by atoms with van der Waals surface area (Å²) in [7, 11) is 2.04. The summed E-state index contributed by atoms with van der Waals surface area (Å²) in [6, 6.07) is 0.471. The number of aromatic nitrogens is 2. The van der Waals surface area contributed by atoms with Crippen molar-refractivity contribution >= 4 is 15.9 Å². The van der Waals surface area contributed by atoms with Crippen molar-refractivity contribution in [3.8, 4) is 0 Å². The molecule has 4 heteroatoms. The smallest absolute Gasteiger partial charge is 0.0766 e. The van der Waals surface area contributed by atoms with E-state index >= 15 is 0 Å². The van der Waals surface area contributed by atoms with E-state index in [1.165, 1.54) is 16.6 Å². The molecule has 19 heavy (non-hydrogen) atoms. The summed E-state index contributed by atoms with van der Waals surface area (Å²) in [4.78, 5) is 0. The van der Waals surface area contributed by atoms with E-state index < -0.39 is 0 Å². The highest BCUT2D eigenvalue weighted by atomic mass is 79.9. The molecule has 0 amide bonds. The molecule has 3 nitrogen and oxygen atoms in total. The lowest BCUT2D eigenvalue weighted by Gasteiger charge is -2.34. The average Bonchev–Trinajstić information content (AvgIpc) is 2.65. The summed E-state index contributed by atoms with van der Waals surface area (Å²) in [5, 5.41) is 8.23. The van der Waals surface area contributed by atoms with Gasteiger partial charge in [-0.1, -0.05) is 34.6 Å². The third-order valence-corrected chi connectivity index (χ3v) is 5.12. The molecule has 0 radical (unpaired) electrons. The molecule has 0 spiro atoms. The molecule has 1 atom stereocenters. The molecule has 1 rings (SSSR count). The van der Waals surface area contributed by atoms with Crippen LogP contribution in [0.3, 0.4) is 0 Å². The van der Waals surface area contributed by atoms with Crippen LogP contribution in [0.1, 0.15) is 52.4 Å². The van der Waals surface area contributed by atoms with Gasteiger partial charge in [0.25, 0.3) is 0 Å². The maximum atomic E-state index is 4.59. The van der Waals surface area contributed by atoms with E-state index in [-0.39, 0.29) is 5.41 Å². The van der Waals surface area contributed by atoms with Crippen molar-refractivity contribution in [1.29, 1.82) is 0 Å². The number of nitrogens with one attached hydrogen (secondary N) is 1. The van der Waals surface area contributed by atoms with Crippen LogP contribution >= 0.6 is 15.9 Å². The van der Waals surface area contributed by atoms with Gasteiger partial charge in [-0.25, -0.2) is 0 Å². The number of hydrogen-bond acceptors (Lipinski definition) is 2. The molecule has 1 aromatic rings. The van der Waals surface area contributed by atoms with Gasteiger partial charge in [0.1, 0.15) is 0 Å². The molecule has 0 fully saturated rings. The molecule has 0 aromatic carbocycles. The van der Waals surface area contributed by atoms with Crippen molar-refractivity contribution in [2.75, 3.05) is 6.54 Å². The quantitative estimate of drug-likeness (QED) is 0.826. The highest BCUT2D eigenvalue weighted by Gasteiger charge is 2.29. The second kappa shape index (κ2) is 6.89. The van der Waals surface area contributed by atoms with E-state index in [0.29, 0.717) is 6.04 Å². The van der Waals surface area contributed by atoms with Gasteiger partial charge in [0.05, 0.1) is 15.9 Å². The molecule has 0 saturated heterocycles. The zero-order valence-electron chi connectivity index (χ0n) is 13.2. The summed E-state index contributed by atoms with van der Waals surface area (Å²) in [5.74, 6) is 0. The van der Waals surface area contributed by atoms with Gasteiger partial charge in [-0.3, -0.25) is 4.68 Å². The minimum absolute atomic E-state index is 0.284. The maximum absolute atomic E-state index is 4.59. The van der Waals surface area contributed by atoms with Crippen molar-refractivity contribution in [3.63, 3.8) is 0 Å². The Bertz CT molecular complexity index is 410. The number of hydrogen-bond donors (Lipinski definition) is 1. The van der Waals surface area contributed by atoms with E-state index in [2.05, 4.69) is 61.0 Å². The van der Waals surface area contributed by atoms with Crippen molar-refractivity contribution < 1.29 is 0 Å². The summed E-state index contributed by atoms with van der Waals surface area (Å²) in [5.41, 5.74) is 2.73.